The number of hydrogen-bond donors (Lipinski definition) is 1. The Kier molecular flexibility index (Phi) is 6.10. The van der Waals surface area contributed by atoms with Crippen molar-refractivity contribution in [3.8, 4) is 0 Å². The Hall–Kier alpha value is -2.84. The first kappa shape index (κ1) is 18.9. The summed E-state index contributed by atoms with van der Waals surface area (Å²) in [5, 5.41) is 13.6. The summed E-state index contributed by atoms with van der Waals surface area (Å²) < 4.78 is 18.7. The number of hydrogen-bond acceptors (Lipinski definition) is 5. The fourth-order valence-corrected chi connectivity index (χ4v) is 3.06. The number of nitrogens with zero attached hydrogens (tertiary/aromatic N) is 2. The van der Waals surface area contributed by atoms with Crippen molar-refractivity contribution in [2.75, 3.05) is 32.8 Å². The average molecular weight is 373 g/mol. The second kappa shape index (κ2) is 8.70. The van der Waals surface area contributed by atoms with E-state index in [2.05, 4.69) is 10.2 Å². The van der Waals surface area contributed by atoms with E-state index in [1.807, 2.05) is 0 Å². The molecule has 0 spiro atoms. The van der Waals surface area contributed by atoms with Crippen molar-refractivity contribution in [2.45, 2.75) is 6.04 Å². The van der Waals surface area contributed by atoms with E-state index < -0.39 is 4.92 Å². The van der Waals surface area contributed by atoms with Gasteiger partial charge in [0.2, 0.25) is 0 Å². The number of rotatable bonds is 6. The van der Waals surface area contributed by atoms with Crippen LogP contribution in [0.2, 0.25) is 0 Å². The third-order valence-corrected chi connectivity index (χ3v) is 4.54. The molecule has 142 valence electrons. The Bertz CT molecular complexity index is 790. The largest absolute Gasteiger partial charge is 0.379 e. The molecule has 1 amide bonds. The van der Waals surface area contributed by atoms with E-state index in [0.717, 1.165) is 18.7 Å². The summed E-state index contributed by atoms with van der Waals surface area (Å²) in [6.45, 7) is 2.98. The van der Waals surface area contributed by atoms with E-state index in [0.29, 0.717) is 25.3 Å². The maximum atomic E-state index is 13.3. The molecule has 7 nitrogen and oxygen atoms in total. The number of nitrogens with one attached hydrogen (secondary N) is 1. The monoisotopic (exact) mass is 373 g/mol. The third kappa shape index (κ3) is 4.87. The third-order valence-electron chi connectivity index (χ3n) is 4.54. The highest BCUT2D eigenvalue weighted by Crippen LogP contribution is 2.22. The van der Waals surface area contributed by atoms with Crippen LogP contribution < -0.4 is 5.32 Å². The molecule has 1 aliphatic rings. The molecule has 1 aliphatic heterocycles. The number of nitro benzene ring substituents is 1. The van der Waals surface area contributed by atoms with Gasteiger partial charge in [-0.25, -0.2) is 4.39 Å². The van der Waals surface area contributed by atoms with Crippen LogP contribution in [0.15, 0.2) is 48.5 Å². The molecule has 1 atom stereocenters. The van der Waals surface area contributed by atoms with Gasteiger partial charge < -0.3 is 10.1 Å². The molecule has 27 heavy (non-hydrogen) atoms. The molecule has 1 saturated heterocycles. The summed E-state index contributed by atoms with van der Waals surface area (Å²) in [5.74, 6) is -0.625. The van der Waals surface area contributed by atoms with E-state index >= 15 is 0 Å². The number of ether oxygens (including phenoxy) is 1. The number of benzene rings is 2. The molecule has 0 saturated carbocycles. The first-order chi connectivity index (χ1) is 13.0. The van der Waals surface area contributed by atoms with Crippen molar-refractivity contribution in [1.82, 2.24) is 10.2 Å². The summed E-state index contributed by atoms with van der Waals surface area (Å²) in [5.41, 5.74) is 1.19. The Labute approximate surface area is 155 Å². The highest BCUT2D eigenvalue weighted by atomic mass is 19.1. The van der Waals surface area contributed by atoms with E-state index in [9.17, 15) is 19.3 Å². The smallest absolute Gasteiger partial charge is 0.269 e. The van der Waals surface area contributed by atoms with E-state index in [4.69, 9.17) is 4.74 Å². The zero-order valence-corrected chi connectivity index (χ0v) is 14.6. The number of nitro groups is 1. The van der Waals surface area contributed by atoms with E-state index in [1.54, 1.807) is 12.1 Å². The molecular weight excluding hydrogens is 353 g/mol. The standard InChI is InChI=1S/C19H20FN3O4/c20-16-5-1-14(2-6-16)18(22-9-11-27-12-10-22)13-21-19(24)15-3-7-17(8-4-15)23(25)26/h1-8,18H,9-13H2,(H,21,24)/t18-/m1/s1. The van der Waals surface area contributed by atoms with Gasteiger partial charge in [-0.15, -0.1) is 0 Å². The van der Waals surface area contributed by atoms with Gasteiger partial charge in [-0.1, -0.05) is 12.1 Å². The zero-order valence-electron chi connectivity index (χ0n) is 14.6. The van der Waals surface area contributed by atoms with Gasteiger partial charge in [0.1, 0.15) is 5.82 Å². The van der Waals surface area contributed by atoms with Crippen molar-refractivity contribution >= 4 is 11.6 Å². The lowest BCUT2D eigenvalue weighted by Gasteiger charge is -2.35. The quantitative estimate of drug-likeness (QED) is 0.621. The summed E-state index contributed by atoms with van der Waals surface area (Å²) >= 11 is 0. The maximum Gasteiger partial charge on any atom is 0.269 e. The summed E-state index contributed by atoms with van der Waals surface area (Å²) in [6, 6.07) is 11.6. The number of morpholine rings is 1. The fourth-order valence-electron chi connectivity index (χ4n) is 3.06. The molecule has 3 rings (SSSR count). The summed E-state index contributed by atoms with van der Waals surface area (Å²) in [4.78, 5) is 24.8. The molecule has 8 heteroatoms. The van der Waals surface area contributed by atoms with Crippen LogP contribution in [0.25, 0.3) is 0 Å². The van der Waals surface area contributed by atoms with Crippen LogP contribution in [-0.4, -0.2) is 48.6 Å². The molecule has 2 aromatic rings. The normalized spacial score (nSPS) is 15.9. The van der Waals surface area contributed by atoms with Crippen molar-refractivity contribution in [1.29, 1.82) is 0 Å². The number of non-ortho nitro benzene ring substituents is 1. The minimum atomic E-state index is -0.509. The number of amides is 1. The van der Waals surface area contributed by atoms with Crippen molar-refractivity contribution in [3.05, 3.63) is 75.6 Å². The Balaban J connectivity index is 1.70. The molecular formula is C19H20FN3O4. The first-order valence-corrected chi connectivity index (χ1v) is 8.64. The Morgan fingerprint density at radius 2 is 1.78 bits per heavy atom. The van der Waals surface area contributed by atoms with E-state index in [1.165, 1.54) is 36.4 Å². The Morgan fingerprint density at radius 3 is 2.37 bits per heavy atom. The molecule has 0 radical (unpaired) electrons. The SMILES string of the molecule is O=C(NC[C@H](c1ccc(F)cc1)N1CCOCC1)c1ccc([N+](=O)[O-])cc1. The van der Waals surface area contributed by atoms with Crippen LogP contribution in [0, 0.1) is 15.9 Å². The summed E-state index contributed by atoms with van der Waals surface area (Å²) in [7, 11) is 0. The molecule has 0 aliphatic carbocycles. The van der Waals surface area contributed by atoms with E-state index in [-0.39, 0.29) is 23.5 Å². The minimum Gasteiger partial charge on any atom is -0.379 e. The van der Waals surface area contributed by atoms with Crippen LogP contribution in [-0.2, 0) is 4.74 Å². The lowest BCUT2D eigenvalue weighted by molar-refractivity contribution is -0.384. The Morgan fingerprint density at radius 1 is 1.15 bits per heavy atom. The maximum absolute atomic E-state index is 13.3. The molecule has 0 aromatic heterocycles. The molecule has 1 fully saturated rings. The number of carbonyl (C=O) groups is 1. The van der Waals surface area contributed by atoms with Crippen LogP contribution in [0.1, 0.15) is 22.0 Å². The van der Waals surface area contributed by atoms with Crippen molar-refractivity contribution in [2.24, 2.45) is 0 Å². The number of halogens is 1. The molecule has 2 aromatic carbocycles. The van der Waals surface area contributed by atoms with Gasteiger partial charge >= 0.3 is 0 Å². The minimum absolute atomic E-state index is 0.0657. The topological polar surface area (TPSA) is 84.7 Å². The highest BCUT2D eigenvalue weighted by Gasteiger charge is 2.23. The highest BCUT2D eigenvalue weighted by molar-refractivity contribution is 5.94. The number of carbonyl (C=O) groups excluding carboxylic acids is 1. The van der Waals surface area contributed by atoms with Crippen molar-refractivity contribution < 1.29 is 18.8 Å². The second-order valence-electron chi connectivity index (χ2n) is 6.23. The van der Waals surface area contributed by atoms with Gasteiger partial charge in [-0.2, -0.15) is 0 Å². The van der Waals surface area contributed by atoms with Crippen LogP contribution >= 0.6 is 0 Å². The van der Waals surface area contributed by atoms with Gasteiger partial charge in [-0.05, 0) is 29.8 Å². The van der Waals surface area contributed by atoms with Crippen LogP contribution in [0.4, 0.5) is 10.1 Å². The van der Waals surface area contributed by atoms with Gasteiger partial charge in [0, 0.05) is 37.3 Å². The van der Waals surface area contributed by atoms with Crippen LogP contribution in [0.3, 0.4) is 0 Å². The van der Waals surface area contributed by atoms with Gasteiger partial charge in [0.05, 0.1) is 24.2 Å². The first-order valence-electron chi connectivity index (χ1n) is 8.64. The van der Waals surface area contributed by atoms with Crippen LogP contribution in [0.5, 0.6) is 0 Å². The van der Waals surface area contributed by atoms with Gasteiger partial charge in [0.25, 0.3) is 11.6 Å². The molecule has 0 unspecified atom stereocenters. The molecule has 1 heterocycles. The zero-order chi connectivity index (χ0) is 19.2. The summed E-state index contributed by atoms with van der Waals surface area (Å²) in [6.07, 6.45) is 0. The van der Waals surface area contributed by atoms with Gasteiger partial charge in [0.15, 0.2) is 0 Å². The predicted molar refractivity (Wildman–Crippen MR) is 97.0 cm³/mol. The average Bonchev–Trinajstić information content (AvgIpc) is 2.70. The van der Waals surface area contributed by atoms with Gasteiger partial charge in [-0.3, -0.25) is 19.8 Å². The predicted octanol–water partition coefficient (Wildman–Crippen LogP) is 2.54. The molecule has 1 N–H and O–H groups in total. The lowest BCUT2D eigenvalue weighted by atomic mass is 10.0. The molecule has 0 bridgehead atoms. The van der Waals surface area contributed by atoms with Crippen molar-refractivity contribution in [3.63, 3.8) is 0 Å². The fraction of sp³-hybridized carbons (Fsp3) is 0.316. The lowest BCUT2D eigenvalue weighted by Crippen LogP contribution is -2.43. The second-order valence-corrected chi connectivity index (χ2v) is 6.23.